The molecule has 0 fully saturated rings. The van der Waals surface area contributed by atoms with Gasteiger partial charge in [-0.05, 0) is 11.6 Å². The molecule has 0 aliphatic carbocycles. The van der Waals surface area contributed by atoms with Crippen molar-refractivity contribution in [3.8, 4) is 0 Å². The molecule has 0 aromatic heterocycles. The molecule has 0 aliphatic rings. The first-order chi connectivity index (χ1) is 6.07. The maximum Gasteiger partial charge on any atom is 0.194 e. The van der Waals surface area contributed by atoms with E-state index in [1.807, 2.05) is 0 Å². The Balaban J connectivity index is 3.18. The van der Waals surface area contributed by atoms with Gasteiger partial charge < -0.3 is 5.11 Å². The van der Waals surface area contributed by atoms with Crippen LogP contribution in [0.4, 0.5) is 13.2 Å². The second-order valence-corrected chi connectivity index (χ2v) is 2.85. The van der Waals surface area contributed by atoms with Crippen molar-refractivity contribution in [2.24, 2.45) is 0 Å². The predicted molar refractivity (Wildman–Crippen MR) is 41.8 cm³/mol. The standard InChI is InChI=1S/C9H9F3O/c1-5(4-13)6-2-3-7(10)9(12)8(6)11/h2-3,5,13H,4H2,1H3. The maximum atomic E-state index is 13.0. The first-order valence-electron chi connectivity index (χ1n) is 3.82. The highest BCUT2D eigenvalue weighted by molar-refractivity contribution is 5.23. The molecule has 1 aromatic rings. The summed E-state index contributed by atoms with van der Waals surface area (Å²) in [6, 6.07) is 1.98. The van der Waals surface area contributed by atoms with Crippen LogP contribution in [0, 0.1) is 17.5 Å². The van der Waals surface area contributed by atoms with E-state index in [1.165, 1.54) is 6.92 Å². The third-order valence-electron chi connectivity index (χ3n) is 1.87. The minimum Gasteiger partial charge on any atom is -0.396 e. The monoisotopic (exact) mass is 190 g/mol. The van der Waals surface area contributed by atoms with E-state index in [0.717, 1.165) is 12.1 Å². The summed E-state index contributed by atoms with van der Waals surface area (Å²) in [5, 5.41) is 8.69. The van der Waals surface area contributed by atoms with Gasteiger partial charge in [-0.3, -0.25) is 0 Å². The van der Waals surface area contributed by atoms with Crippen LogP contribution in [0.1, 0.15) is 18.4 Å². The van der Waals surface area contributed by atoms with Gasteiger partial charge in [0.2, 0.25) is 0 Å². The second kappa shape index (κ2) is 3.79. The molecule has 0 aliphatic heterocycles. The first kappa shape index (κ1) is 10.1. The second-order valence-electron chi connectivity index (χ2n) is 2.85. The quantitative estimate of drug-likeness (QED) is 0.709. The molecule has 0 radical (unpaired) electrons. The van der Waals surface area contributed by atoms with Crippen molar-refractivity contribution in [3.63, 3.8) is 0 Å². The molecular formula is C9H9F3O. The minimum absolute atomic E-state index is 0.0126. The first-order valence-corrected chi connectivity index (χ1v) is 3.82. The Hall–Kier alpha value is -1.03. The van der Waals surface area contributed by atoms with Crippen LogP contribution in [0.5, 0.6) is 0 Å². The normalized spacial score (nSPS) is 13.0. The molecule has 1 aromatic carbocycles. The average Bonchev–Trinajstić information content (AvgIpc) is 2.13. The maximum absolute atomic E-state index is 13.0. The summed E-state index contributed by atoms with van der Waals surface area (Å²) in [6.07, 6.45) is 0. The molecule has 72 valence electrons. The van der Waals surface area contributed by atoms with Crippen LogP contribution in [0.25, 0.3) is 0 Å². The fourth-order valence-corrected chi connectivity index (χ4v) is 1.02. The summed E-state index contributed by atoms with van der Waals surface area (Å²) in [7, 11) is 0. The Morgan fingerprint density at radius 2 is 1.85 bits per heavy atom. The number of rotatable bonds is 2. The Morgan fingerprint density at radius 3 is 2.38 bits per heavy atom. The number of hydrogen-bond acceptors (Lipinski definition) is 1. The van der Waals surface area contributed by atoms with Crippen molar-refractivity contribution in [1.29, 1.82) is 0 Å². The fourth-order valence-electron chi connectivity index (χ4n) is 1.02. The molecule has 1 nitrogen and oxygen atoms in total. The van der Waals surface area contributed by atoms with Gasteiger partial charge in [0.05, 0.1) is 0 Å². The van der Waals surface area contributed by atoms with Gasteiger partial charge in [0.15, 0.2) is 17.5 Å². The lowest BCUT2D eigenvalue weighted by atomic mass is 10.0. The zero-order chi connectivity index (χ0) is 10.0. The molecule has 1 unspecified atom stereocenters. The molecule has 4 heteroatoms. The van der Waals surface area contributed by atoms with Crippen LogP contribution in [0.15, 0.2) is 12.1 Å². The van der Waals surface area contributed by atoms with Crippen molar-refractivity contribution >= 4 is 0 Å². The summed E-state index contributed by atoms with van der Waals surface area (Å²) < 4.78 is 38.1. The molecule has 0 heterocycles. The lowest BCUT2D eigenvalue weighted by molar-refractivity contribution is 0.269. The van der Waals surface area contributed by atoms with Crippen molar-refractivity contribution in [3.05, 3.63) is 35.1 Å². The molecule has 0 spiro atoms. The van der Waals surface area contributed by atoms with Crippen LogP contribution in [-0.4, -0.2) is 11.7 Å². The van der Waals surface area contributed by atoms with Gasteiger partial charge in [-0.25, -0.2) is 13.2 Å². The van der Waals surface area contributed by atoms with Crippen molar-refractivity contribution < 1.29 is 18.3 Å². The third-order valence-corrected chi connectivity index (χ3v) is 1.87. The zero-order valence-corrected chi connectivity index (χ0v) is 7.02. The lowest BCUT2D eigenvalue weighted by Gasteiger charge is -2.09. The van der Waals surface area contributed by atoms with Crippen LogP contribution in [-0.2, 0) is 0 Å². The highest BCUT2D eigenvalue weighted by Crippen LogP contribution is 2.21. The molecule has 0 amide bonds. The predicted octanol–water partition coefficient (Wildman–Crippen LogP) is 2.20. The van der Waals surface area contributed by atoms with E-state index < -0.39 is 23.4 Å². The Labute approximate surface area is 73.8 Å². The van der Waals surface area contributed by atoms with Crippen LogP contribution < -0.4 is 0 Å². The molecule has 1 rings (SSSR count). The van der Waals surface area contributed by atoms with E-state index in [0.29, 0.717) is 0 Å². The molecule has 0 bridgehead atoms. The highest BCUT2D eigenvalue weighted by atomic mass is 19.2. The summed E-state index contributed by atoms with van der Waals surface area (Å²) in [5.74, 6) is -4.46. The summed E-state index contributed by atoms with van der Waals surface area (Å²) in [4.78, 5) is 0. The van der Waals surface area contributed by atoms with Gasteiger partial charge in [-0.1, -0.05) is 13.0 Å². The van der Waals surface area contributed by atoms with Gasteiger partial charge >= 0.3 is 0 Å². The number of aliphatic hydroxyl groups is 1. The number of hydrogen-bond donors (Lipinski definition) is 1. The third kappa shape index (κ3) is 1.83. The van der Waals surface area contributed by atoms with Gasteiger partial charge in [0, 0.05) is 12.5 Å². The van der Waals surface area contributed by atoms with Gasteiger partial charge in [-0.2, -0.15) is 0 Å². The van der Waals surface area contributed by atoms with Crippen molar-refractivity contribution in [2.75, 3.05) is 6.61 Å². The number of benzene rings is 1. The highest BCUT2D eigenvalue weighted by Gasteiger charge is 2.16. The van der Waals surface area contributed by atoms with Crippen molar-refractivity contribution in [1.82, 2.24) is 0 Å². The van der Waals surface area contributed by atoms with Crippen LogP contribution in [0.2, 0.25) is 0 Å². The van der Waals surface area contributed by atoms with Gasteiger partial charge in [-0.15, -0.1) is 0 Å². The zero-order valence-electron chi connectivity index (χ0n) is 7.02. The molecular weight excluding hydrogens is 181 g/mol. The molecule has 0 saturated heterocycles. The van der Waals surface area contributed by atoms with E-state index in [1.54, 1.807) is 0 Å². The lowest BCUT2D eigenvalue weighted by Crippen LogP contribution is -2.05. The molecule has 0 saturated carbocycles. The summed E-state index contributed by atoms with van der Waals surface area (Å²) in [6.45, 7) is 1.22. The minimum atomic E-state index is -1.49. The van der Waals surface area contributed by atoms with Gasteiger partial charge in [0.1, 0.15) is 0 Å². The van der Waals surface area contributed by atoms with E-state index in [2.05, 4.69) is 0 Å². The Kier molecular flexibility index (Phi) is 2.93. The van der Waals surface area contributed by atoms with E-state index in [4.69, 9.17) is 5.11 Å². The summed E-state index contributed by atoms with van der Waals surface area (Å²) >= 11 is 0. The smallest absolute Gasteiger partial charge is 0.194 e. The number of halogens is 3. The van der Waals surface area contributed by atoms with Gasteiger partial charge in [0.25, 0.3) is 0 Å². The molecule has 1 atom stereocenters. The number of aliphatic hydroxyl groups excluding tert-OH is 1. The Bertz CT molecular complexity index is 312. The van der Waals surface area contributed by atoms with E-state index in [-0.39, 0.29) is 12.2 Å². The fraction of sp³-hybridized carbons (Fsp3) is 0.333. The summed E-state index contributed by atoms with van der Waals surface area (Å²) in [5.41, 5.74) is -0.0126. The van der Waals surface area contributed by atoms with Crippen LogP contribution in [0.3, 0.4) is 0 Å². The van der Waals surface area contributed by atoms with Crippen LogP contribution >= 0.6 is 0 Å². The average molecular weight is 190 g/mol. The SMILES string of the molecule is CC(CO)c1ccc(F)c(F)c1F. The molecule has 1 N–H and O–H groups in total. The van der Waals surface area contributed by atoms with E-state index in [9.17, 15) is 13.2 Å². The largest absolute Gasteiger partial charge is 0.396 e. The van der Waals surface area contributed by atoms with Crippen molar-refractivity contribution in [2.45, 2.75) is 12.8 Å². The van der Waals surface area contributed by atoms with E-state index >= 15 is 0 Å². The Morgan fingerprint density at radius 1 is 1.23 bits per heavy atom. The topological polar surface area (TPSA) is 20.2 Å². The molecule has 13 heavy (non-hydrogen) atoms.